The minimum absolute atomic E-state index is 0.0934. The Morgan fingerprint density at radius 2 is 2.08 bits per heavy atom. The van der Waals surface area contributed by atoms with E-state index < -0.39 is 0 Å². The second-order valence-electron chi connectivity index (χ2n) is 5.65. The number of fused-ring (bicyclic) bond motifs is 1. The third-order valence-corrected chi connectivity index (χ3v) is 4.94. The molecular formula is C16H16N4O2S2. The lowest BCUT2D eigenvalue weighted by Crippen LogP contribution is -2.24. The van der Waals surface area contributed by atoms with E-state index in [-0.39, 0.29) is 17.5 Å². The van der Waals surface area contributed by atoms with E-state index in [4.69, 9.17) is 12.2 Å². The first-order valence-electron chi connectivity index (χ1n) is 7.38. The summed E-state index contributed by atoms with van der Waals surface area (Å²) in [7, 11) is 1.62. The number of rotatable bonds is 3. The van der Waals surface area contributed by atoms with E-state index in [0.717, 1.165) is 0 Å². The van der Waals surface area contributed by atoms with Gasteiger partial charge in [-0.15, -0.1) is 0 Å². The number of thiocarbonyl (C=S) groups is 1. The molecule has 8 heteroatoms. The molecule has 1 amide bonds. The van der Waals surface area contributed by atoms with E-state index in [1.165, 1.54) is 21.1 Å². The minimum atomic E-state index is -0.231. The van der Waals surface area contributed by atoms with Gasteiger partial charge in [0.25, 0.3) is 11.5 Å². The average molecular weight is 360 g/mol. The summed E-state index contributed by atoms with van der Waals surface area (Å²) in [6.45, 7) is 3.92. The highest BCUT2D eigenvalue weighted by atomic mass is 32.2. The zero-order chi connectivity index (χ0) is 17.4. The monoisotopic (exact) mass is 360 g/mol. The highest BCUT2D eigenvalue weighted by Gasteiger charge is 2.29. The Balaban J connectivity index is 2.22. The van der Waals surface area contributed by atoms with Crippen LogP contribution in [-0.2, 0) is 4.79 Å². The number of carbonyl (C=O) groups excluding carboxylic acids is 1. The maximum absolute atomic E-state index is 12.9. The summed E-state index contributed by atoms with van der Waals surface area (Å²) >= 11 is 6.32. The number of thioether (sulfide) groups is 1. The number of nitrogens with zero attached hydrogens (tertiary/aromatic N) is 3. The van der Waals surface area contributed by atoms with Crippen molar-refractivity contribution in [2.75, 3.05) is 12.4 Å². The van der Waals surface area contributed by atoms with Gasteiger partial charge in [-0.2, -0.15) is 0 Å². The molecule has 1 N–H and O–H groups in total. The number of likely N-dealkylation sites (N-methyl/N-ethyl adjacent to an activating group) is 1. The summed E-state index contributed by atoms with van der Waals surface area (Å²) in [6, 6.07) is 5.45. The van der Waals surface area contributed by atoms with Gasteiger partial charge in [-0.3, -0.25) is 18.9 Å². The van der Waals surface area contributed by atoms with Crippen molar-refractivity contribution in [3.8, 4) is 0 Å². The summed E-state index contributed by atoms with van der Waals surface area (Å²) in [5.41, 5.74) is 0.664. The van der Waals surface area contributed by atoms with Gasteiger partial charge < -0.3 is 5.32 Å². The predicted molar refractivity (Wildman–Crippen MR) is 101 cm³/mol. The highest BCUT2D eigenvalue weighted by molar-refractivity contribution is 8.26. The molecule has 3 heterocycles. The molecule has 0 atom stereocenters. The second-order valence-corrected chi connectivity index (χ2v) is 7.32. The molecule has 0 aromatic carbocycles. The van der Waals surface area contributed by atoms with Crippen LogP contribution in [0.25, 0.3) is 11.7 Å². The quantitative estimate of drug-likeness (QED) is 0.669. The molecule has 0 radical (unpaired) electrons. The largest absolute Gasteiger partial charge is 0.367 e. The number of hydrogen-bond acceptors (Lipinski definition) is 6. The first kappa shape index (κ1) is 16.7. The Morgan fingerprint density at radius 3 is 2.71 bits per heavy atom. The fourth-order valence-corrected chi connectivity index (χ4v) is 3.45. The Bertz CT molecular complexity index is 933. The van der Waals surface area contributed by atoms with E-state index in [0.29, 0.717) is 26.3 Å². The number of aromatic nitrogens is 2. The van der Waals surface area contributed by atoms with Crippen molar-refractivity contribution in [3.05, 3.63) is 45.2 Å². The third kappa shape index (κ3) is 2.94. The van der Waals surface area contributed by atoms with E-state index in [2.05, 4.69) is 10.3 Å². The number of anilines is 1. The zero-order valence-electron chi connectivity index (χ0n) is 13.4. The number of pyridine rings is 1. The highest BCUT2D eigenvalue weighted by Crippen LogP contribution is 2.31. The van der Waals surface area contributed by atoms with Crippen LogP contribution in [0, 0.1) is 0 Å². The lowest BCUT2D eigenvalue weighted by molar-refractivity contribution is -0.121. The van der Waals surface area contributed by atoms with Crippen molar-refractivity contribution in [2.45, 2.75) is 19.9 Å². The normalized spacial score (nSPS) is 16.7. The van der Waals surface area contributed by atoms with Gasteiger partial charge >= 0.3 is 0 Å². The van der Waals surface area contributed by atoms with Crippen molar-refractivity contribution in [3.63, 3.8) is 0 Å². The van der Waals surface area contributed by atoms with Gasteiger partial charge in [0, 0.05) is 19.3 Å². The van der Waals surface area contributed by atoms with Gasteiger partial charge in [-0.05, 0) is 32.1 Å². The molecule has 0 spiro atoms. The van der Waals surface area contributed by atoms with Crippen LogP contribution in [0.4, 0.5) is 5.82 Å². The van der Waals surface area contributed by atoms with Crippen LogP contribution in [0.1, 0.15) is 19.4 Å². The lowest BCUT2D eigenvalue weighted by Gasteiger charge is -2.13. The molecule has 1 aliphatic heterocycles. The molecule has 2 aromatic heterocycles. The van der Waals surface area contributed by atoms with Crippen molar-refractivity contribution < 1.29 is 4.79 Å². The molecule has 0 aliphatic carbocycles. The number of amides is 1. The van der Waals surface area contributed by atoms with Crippen LogP contribution in [0.2, 0.25) is 0 Å². The molecule has 124 valence electrons. The molecule has 1 saturated heterocycles. The van der Waals surface area contributed by atoms with Gasteiger partial charge in [0.2, 0.25) is 0 Å². The molecule has 0 saturated carbocycles. The maximum atomic E-state index is 12.9. The average Bonchev–Trinajstić information content (AvgIpc) is 2.78. The van der Waals surface area contributed by atoms with Gasteiger partial charge in [0.05, 0.1) is 10.5 Å². The Kier molecular flexibility index (Phi) is 4.42. The van der Waals surface area contributed by atoms with Crippen LogP contribution >= 0.6 is 24.0 Å². The summed E-state index contributed by atoms with van der Waals surface area (Å²) < 4.78 is 1.93. The van der Waals surface area contributed by atoms with Crippen LogP contribution in [0.5, 0.6) is 0 Å². The molecule has 1 aliphatic rings. The molecule has 0 unspecified atom stereocenters. The summed E-state index contributed by atoms with van der Waals surface area (Å²) in [6.07, 6.45) is 3.23. The minimum Gasteiger partial charge on any atom is -0.367 e. The van der Waals surface area contributed by atoms with E-state index in [1.54, 1.807) is 31.5 Å². The van der Waals surface area contributed by atoms with Crippen LogP contribution in [-0.4, -0.2) is 37.6 Å². The van der Waals surface area contributed by atoms with Crippen molar-refractivity contribution in [2.24, 2.45) is 0 Å². The second kappa shape index (κ2) is 6.37. The number of nitrogens with one attached hydrogen (secondary N) is 1. The molecule has 0 bridgehead atoms. The Labute approximate surface area is 148 Å². The molecule has 6 nitrogen and oxygen atoms in total. The fourth-order valence-electron chi connectivity index (χ4n) is 2.29. The first-order valence-corrected chi connectivity index (χ1v) is 8.60. The summed E-state index contributed by atoms with van der Waals surface area (Å²) in [4.78, 5) is 31.4. The van der Waals surface area contributed by atoms with Gasteiger partial charge in [-0.25, -0.2) is 4.98 Å². The fraction of sp³-hybridized carbons (Fsp3) is 0.250. The van der Waals surface area contributed by atoms with Crippen LogP contribution in [0.15, 0.2) is 34.1 Å². The first-order chi connectivity index (χ1) is 11.4. The standard InChI is InChI=1S/C16H16N4O2S2/c1-9(2)17-13-10(8-11-15(22)19(3)16(23)24-11)14(21)20-7-5-4-6-12(20)18-13/h4-9,17H,1-3H3. The smallest absolute Gasteiger partial charge is 0.267 e. The van der Waals surface area contributed by atoms with Crippen LogP contribution in [0.3, 0.4) is 0 Å². The zero-order valence-corrected chi connectivity index (χ0v) is 15.1. The number of carbonyl (C=O) groups is 1. The van der Waals surface area contributed by atoms with E-state index in [1.807, 2.05) is 19.9 Å². The summed E-state index contributed by atoms with van der Waals surface area (Å²) in [5, 5.41) is 3.18. The molecule has 3 rings (SSSR count). The van der Waals surface area contributed by atoms with Gasteiger partial charge in [0.1, 0.15) is 15.8 Å². The topological polar surface area (TPSA) is 66.7 Å². The molecule has 1 fully saturated rings. The van der Waals surface area contributed by atoms with Crippen molar-refractivity contribution >= 4 is 51.7 Å². The predicted octanol–water partition coefficient (Wildman–Crippen LogP) is 2.35. The molecule has 24 heavy (non-hydrogen) atoms. The third-order valence-electron chi connectivity index (χ3n) is 3.46. The SMILES string of the molecule is CC(C)Nc1nc2ccccn2c(=O)c1C=C1SC(=S)N(C)C1=O. The van der Waals surface area contributed by atoms with Crippen molar-refractivity contribution in [1.82, 2.24) is 14.3 Å². The van der Waals surface area contributed by atoms with Crippen LogP contribution < -0.4 is 10.9 Å². The summed E-state index contributed by atoms with van der Waals surface area (Å²) in [5.74, 6) is 0.251. The van der Waals surface area contributed by atoms with Gasteiger partial charge in [0.15, 0.2) is 0 Å². The van der Waals surface area contributed by atoms with Gasteiger partial charge in [-0.1, -0.05) is 30.0 Å². The molecular weight excluding hydrogens is 344 g/mol. The Morgan fingerprint density at radius 1 is 1.33 bits per heavy atom. The number of hydrogen-bond donors (Lipinski definition) is 1. The molecule has 2 aromatic rings. The van der Waals surface area contributed by atoms with E-state index in [9.17, 15) is 9.59 Å². The lowest BCUT2D eigenvalue weighted by atomic mass is 10.2. The Hall–Kier alpha value is -2.19. The van der Waals surface area contributed by atoms with Crippen molar-refractivity contribution in [1.29, 1.82) is 0 Å². The maximum Gasteiger partial charge on any atom is 0.267 e. The van der Waals surface area contributed by atoms with E-state index >= 15 is 0 Å².